The van der Waals surface area contributed by atoms with Gasteiger partial charge in [0.2, 0.25) is 5.91 Å². The fourth-order valence-electron chi connectivity index (χ4n) is 2.04. The van der Waals surface area contributed by atoms with Gasteiger partial charge in [0.1, 0.15) is 12.4 Å². The Morgan fingerprint density at radius 1 is 1.35 bits per heavy atom. The quantitative estimate of drug-likeness (QED) is 0.668. The number of methoxy groups -OCH3 is 1. The number of aryl methyl sites for hydroxylation is 1. The van der Waals surface area contributed by atoms with Crippen LogP contribution in [-0.4, -0.2) is 35.1 Å². The Bertz CT molecular complexity index is 784. The van der Waals surface area contributed by atoms with Gasteiger partial charge in [-0.25, -0.2) is 18.6 Å². The molecule has 0 aliphatic carbocycles. The summed E-state index contributed by atoms with van der Waals surface area (Å²) in [5.41, 5.74) is 0.612. The third kappa shape index (κ3) is 3.91. The van der Waals surface area contributed by atoms with Crippen molar-refractivity contribution in [1.29, 1.82) is 0 Å². The highest BCUT2D eigenvalue weighted by Gasteiger charge is 2.14. The number of halogens is 2. The minimum Gasteiger partial charge on any atom is -0.466 e. The van der Waals surface area contributed by atoms with Crippen molar-refractivity contribution in [3.63, 3.8) is 0 Å². The molecule has 0 aliphatic rings. The zero-order valence-corrected chi connectivity index (χ0v) is 12.6. The lowest BCUT2D eigenvalue weighted by molar-refractivity contribution is -0.134. The molecule has 0 unspecified atom stereocenters. The van der Waals surface area contributed by atoms with Crippen LogP contribution in [-0.2, 0) is 20.9 Å². The topological polar surface area (TPSA) is 73.2 Å². The van der Waals surface area contributed by atoms with Gasteiger partial charge in [-0.15, -0.1) is 0 Å². The van der Waals surface area contributed by atoms with E-state index in [2.05, 4.69) is 15.0 Å². The second kappa shape index (κ2) is 6.99. The Kier molecular flexibility index (Phi) is 5.05. The first-order valence-corrected chi connectivity index (χ1v) is 6.75. The van der Waals surface area contributed by atoms with Gasteiger partial charge < -0.3 is 14.6 Å². The predicted molar refractivity (Wildman–Crippen MR) is 78.6 cm³/mol. The summed E-state index contributed by atoms with van der Waals surface area (Å²) >= 11 is 0. The molecule has 1 aromatic heterocycles. The van der Waals surface area contributed by atoms with E-state index < -0.39 is 17.6 Å². The van der Waals surface area contributed by atoms with Crippen LogP contribution in [0.1, 0.15) is 5.82 Å². The van der Waals surface area contributed by atoms with Crippen LogP contribution in [0.2, 0.25) is 0 Å². The maximum Gasteiger partial charge on any atom is 0.330 e. The number of hydrogen-bond donors (Lipinski definition) is 1. The third-order valence-corrected chi connectivity index (χ3v) is 3.16. The number of benzene rings is 1. The van der Waals surface area contributed by atoms with Crippen LogP contribution in [0.15, 0.2) is 24.3 Å². The number of esters is 1. The summed E-state index contributed by atoms with van der Waals surface area (Å²) in [6.07, 6.45) is 2.63. The number of nitrogens with one attached hydrogen (secondary N) is 1. The van der Waals surface area contributed by atoms with Crippen molar-refractivity contribution in [3.05, 3.63) is 41.7 Å². The average molecular weight is 323 g/mol. The van der Waals surface area contributed by atoms with Gasteiger partial charge >= 0.3 is 5.97 Å². The van der Waals surface area contributed by atoms with Gasteiger partial charge in [-0.1, -0.05) is 6.08 Å². The number of aromatic nitrogens is 2. The molecule has 8 heteroatoms. The highest BCUT2D eigenvalue weighted by Crippen LogP contribution is 2.19. The number of nitrogens with zero attached hydrogens (tertiary/aromatic N) is 2. The lowest BCUT2D eigenvalue weighted by atomic mass is 10.3. The second-order valence-electron chi connectivity index (χ2n) is 4.73. The van der Waals surface area contributed by atoms with Crippen molar-refractivity contribution >= 4 is 22.9 Å². The van der Waals surface area contributed by atoms with E-state index in [1.54, 1.807) is 6.92 Å². The van der Waals surface area contributed by atoms with Crippen LogP contribution in [0.5, 0.6) is 0 Å². The van der Waals surface area contributed by atoms with Crippen LogP contribution in [0, 0.1) is 18.6 Å². The van der Waals surface area contributed by atoms with Crippen LogP contribution in [0.25, 0.3) is 11.0 Å². The van der Waals surface area contributed by atoms with Crippen molar-refractivity contribution in [1.82, 2.24) is 14.9 Å². The smallest absolute Gasteiger partial charge is 0.330 e. The molecule has 2 rings (SSSR count). The number of carbonyl (C=O) groups is 2. The number of hydrogen-bond acceptors (Lipinski definition) is 4. The Balaban J connectivity index is 2.08. The van der Waals surface area contributed by atoms with Crippen molar-refractivity contribution in [3.8, 4) is 0 Å². The normalized spacial score (nSPS) is 11.1. The number of ether oxygens (including phenoxy) is 1. The molecule has 0 atom stereocenters. The highest BCUT2D eigenvalue weighted by atomic mass is 19.2. The molecule has 0 aliphatic heterocycles. The van der Waals surface area contributed by atoms with Crippen LogP contribution in [0.3, 0.4) is 0 Å². The molecule has 1 amide bonds. The summed E-state index contributed by atoms with van der Waals surface area (Å²) in [6, 6.07) is 2.00. The maximum atomic E-state index is 13.4. The summed E-state index contributed by atoms with van der Waals surface area (Å²) in [4.78, 5) is 26.9. The van der Waals surface area contributed by atoms with E-state index in [1.165, 1.54) is 23.8 Å². The van der Waals surface area contributed by atoms with E-state index in [-0.39, 0.29) is 24.5 Å². The predicted octanol–water partition coefficient (Wildman–Crippen LogP) is 1.47. The minimum atomic E-state index is -1.000. The van der Waals surface area contributed by atoms with Crippen molar-refractivity contribution in [2.24, 2.45) is 0 Å². The van der Waals surface area contributed by atoms with E-state index in [9.17, 15) is 18.4 Å². The number of fused-ring (bicyclic) bond motifs is 1. The summed E-state index contributed by atoms with van der Waals surface area (Å²) in [5.74, 6) is -2.40. The SMILES string of the molecule is COC(=O)/C=C/CNC(=O)Cn1c(C)nc2cc(F)c(F)cc21. The van der Waals surface area contributed by atoms with E-state index in [1.807, 2.05) is 0 Å². The van der Waals surface area contributed by atoms with Gasteiger partial charge in [0.05, 0.1) is 18.1 Å². The first kappa shape index (κ1) is 16.6. The summed E-state index contributed by atoms with van der Waals surface area (Å²) in [5, 5.41) is 2.57. The summed E-state index contributed by atoms with van der Waals surface area (Å²) < 4.78 is 32.5. The number of imidazole rings is 1. The largest absolute Gasteiger partial charge is 0.466 e. The molecule has 0 saturated carbocycles. The molecule has 1 N–H and O–H groups in total. The molecule has 122 valence electrons. The highest BCUT2D eigenvalue weighted by molar-refractivity contribution is 5.83. The molecule has 0 bridgehead atoms. The molecule has 6 nitrogen and oxygen atoms in total. The molecule has 0 spiro atoms. The van der Waals surface area contributed by atoms with Crippen molar-refractivity contribution in [2.75, 3.05) is 13.7 Å². The van der Waals surface area contributed by atoms with E-state index in [4.69, 9.17) is 0 Å². The lowest BCUT2D eigenvalue weighted by Gasteiger charge is -2.07. The fraction of sp³-hybridized carbons (Fsp3) is 0.267. The van der Waals surface area contributed by atoms with Crippen LogP contribution < -0.4 is 5.32 Å². The first-order chi connectivity index (χ1) is 10.9. The van der Waals surface area contributed by atoms with E-state index >= 15 is 0 Å². The van der Waals surface area contributed by atoms with Crippen LogP contribution in [0.4, 0.5) is 8.78 Å². The summed E-state index contributed by atoms with van der Waals surface area (Å²) in [6.45, 7) is 1.68. The Morgan fingerprint density at radius 3 is 2.74 bits per heavy atom. The number of amides is 1. The molecular weight excluding hydrogens is 308 g/mol. The third-order valence-electron chi connectivity index (χ3n) is 3.16. The standard InChI is InChI=1S/C15H15F2N3O3/c1-9-19-12-6-10(16)11(17)7-13(12)20(9)8-14(21)18-5-3-4-15(22)23-2/h3-4,6-7H,5,8H2,1-2H3,(H,18,21)/b4-3+. The lowest BCUT2D eigenvalue weighted by Crippen LogP contribution is -2.28. The zero-order valence-electron chi connectivity index (χ0n) is 12.6. The van der Waals surface area contributed by atoms with E-state index in [0.717, 1.165) is 12.1 Å². The van der Waals surface area contributed by atoms with Crippen molar-refractivity contribution < 1.29 is 23.1 Å². The molecule has 0 fully saturated rings. The monoisotopic (exact) mass is 323 g/mol. The maximum absolute atomic E-state index is 13.4. The Labute approximate surface area is 130 Å². The summed E-state index contributed by atoms with van der Waals surface area (Å²) in [7, 11) is 1.25. The van der Waals surface area contributed by atoms with Crippen LogP contribution >= 0.6 is 0 Å². The molecule has 0 saturated heterocycles. The molecule has 1 aromatic carbocycles. The molecular formula is C15H15F2N3O3. The molecule has 0 radical (unpaired) electrons. The molecule has 23 heavy (non-hydrogen) atoms. The minimum absolute atomic E-state index is 0.0977. The van der Waals surface area contributed by atoms with Gasteiger partial charge in [0.15, 0.2) is 11.6 Å². The molecule has 2 aromatic rings. The van der Waals surface area contributed by atoms with E-state index in [0.29, 0.717) is 11.3 Å². The van der Waals surface area contributed by atoms with Gasteiger partial charge in [-0.2, -0.15) is 0 Å². The fourth-order valence-corrected chi connectivity index (χ4v) is 2.04. The first-order valence-electron chi connectivity index (χ1n) is 6.75. The zero-order chi connectivity index (χ0) is 17.0. The number of rotatable bonds is 5. The Hall–Kier alpha value is -2.77. The van der Waals surface area contributed by atoms with Crippen molar-refractivity contribution in [2.45, 2.75) is 13.5 Å². The van der Waals surface area contributed by atoms with Gasteiger partial charge in [0, 0.05) is 24.8 Å². The van der Waals surface area contributed by atoms with Gasteiger partial charge in [0.25, 0.3) is 0 Å². The van der Waals surface area contributed by atoms with Gasteiger partial charge in [-0.3, -0.25) is 4.79 Å². The Morgan fingerprint density at radius 2 is 2.04 bits per heavy atom. The number of carbonyl (C=O) groups excluding carboxylic acids is 2. The average Bonchev–Trinajstić information content (AvgIpc) is 2.79. The second-order valence-corrected chi connectivity index (χ2v) is 4.73. The molecule has 1 heterocycles. The van der Waals surface area contributed by atoms with Gasteiger partial charge in [-0.05, 0) is 6.92 Å².